The van der Waals surface area contributed by atoms with Crippen LogP contribution in [0.4, 0.5) is 0 Å². The third-order valence-electron chi connectivity index (χ3n) is 4.99. The highest BCUT2D eigenvalue weighted by molar-refractivity contribution is 5.81. The Morgan fingerprint density at radius 1 is 1.21 bits per heavy atom. The number of methoxy groups -OCH3 is 1. The summed E-state index contributed by atoms with van der Waals surface area (Å²) in [6, 6.07) is 11.4. The van der Waals surface area contributed by atoms with Crippen LogP contribution in [0.15, 0.2) is 36.4 Å². The van der Waals surface area contributed by atoms with Crippen molar-refractivity contribution in [1.29, 1.82) is 0 Å². The minimum Gasteiger partial charge on any atom is -0.497 e. The van der Waals surface area contributed by atoms with Gasteiger partial charge in [-0.05, 0) is 64.4 Å². The minimum atomic E-state index is -0.610. The van der Waals surface area contributed by atoms with Gasteiger partial charge < -0.3 is 19.5 Å². The molecular formula is C23H29NO4. The average molecular weight is 383 g/mol. The van der Waals surface area contributed by atoms with Crippen LogP contribution in [-0.2, 0) is 4.79 Å². The Labute approximate surface area is 167 Å². The molecule has 1 aliphatic rings. The molecule has 0 unspecified atom stereocenters. The predicted molar refractivity (Wildman–Crippen MR) is 109 cm³/mol. The molecule has 2 aromatic carbocycles. The molecule has 1 heterocycles. The lowest BCUT2D eigenvalue weighted by molar-refractivity contribution is -0.128. The summed E-state index contributed by atoms with van der Waals surface area (Å²) in [7, 11) is 1.63. The van der Waals surface area contributed by atoms with Crippen molar-refractivity contribution in [2.24, 2.45) is 0 Å². The molecule has 0 aliphatic carbocycles. The molecule has 0 saturated heterocycles. The van der Waals surface area contributed by atoms with Crippen molar-refractivity contribution in [3.8, 4) is 17.2 Å². The summed E-state index contributed by atoms with van der Waals surface area (Å²) in [6.45, 7) is 9.83. The quantitative estimate of drug-likeness (QED) is 0.826. The first-order chi connectivity index (χ1) is 13.2. The molecule has 5 nitrogen and oxygen atoms in total. The van der Waals surface area contributed by atoms with Crippen LogP contribution in [-0.4, -0.2) is 24.7 Å². The maximum Gasteiger partial charge on any atom is 0.261 e. The summed E-state index contributed by atoms with van der Waals surface area (Å²) < 4.78 is 17.3. The first-order valence-corrected chi connectivity index (χ1v) is 9.60. The summed E-state index contributed by atoms with van der Waals surface area (Å²) in [5.41, 5.74) is 2.72. The largest absolute Gasteiger partial charge is 0.497 e. The van der Waals surface area contributed by atoms with Gasteiger partial charge in [0.15, 0.2) is 6.10 Å². The van der Waals surface area contributed by atoms with Gasteiger partial charge in [0.1, 0.15) is 22.8 Å². The second-order valence-electron chi connectivity index (χ2n) is 8.06. The number of rotatable bonds is 5. The summed E-state index contributed by atoms with van der Waals surface area (Å²) in [5, 5.41) is 3.13. The zero-order chi connectivity index (χ0) is 20.5. The molecule has 3 rings (SSSR count). The van der Waals surface area contributed by atoms with E-state index in [0.717, 1.165) is 33.9 Å². The monoisotopic (exact) mass is 383 g/mol. The van der Waals surface area contributed by atoms with Crippen LogP contribution < -0.4 is 19.5 Å². The molecule has 0 bridgehead atoms. The molecule has 150 valence electrons. The molecule has 0 saturated carbocycles. The van der Waals surface area contributed by atoms with Crippen LogP contribution in [0.5, 0.6) is 17.2 Å². The predicted octanol–water partition coefficient (Wildman–Crippen LogP) is 4.50. The number of amides is 1. The lowest BCUT2D eigenvalue weighted by atomic mass is 9.89. The number of hydrogen-bond donors (Lipinski definition) is 1. The van der Waals surface area contributed by atoms with E-state index >= 15 is 0 Å². The van der Waals surface area contributed by atoms with Gasteiger partial charge in [0, 0.05) is 12.0 Å². The van der Waals surface area contributed by atoms with Crippen molar-refractivity contribution < 1.29 is 19.0 Å². The maximum atomic E-state index is 12.9. The second kappa shape index (κ2) is 7.74. The SMILES string of the molecule is COc1ccc2c(c1)[C@H](NC(=O)[C@@H](C)Oc1ccc(C)cc1C)CC(C)(C)O2. The Bertz CT molecular complexity index is 875. The van der Waals surface area contributed by atoms with E-state index in [-0.39, 0.29) is 17.6 Å². The summed E-state index contributed by atoms with van der Waals surface area (Å²) >= 11 is 0. The van der Waals surface area contributed by atoms with Crippen LogP contribution >= 0.6 is 0 Å². The number of nitrogens with one attached hydrogen (secondary N) is 1. The Balaban J connectivity index is 1.77. The molecule has 1 aliphatic heterocycles. The van der Waals surface area contributed by atoms with E-state index in [0.29, 0.717) is 6.42 Å². The van der Waals surface area contributed by atoms with E-state index in [1.165, 1.54) is 0 Å². The first-order valence-electron chi connectivity index (χ1n) is 9.60. The zero-order valence-electron chi connectivity index (χ0n) is 17.5. The minimum absolute atomic E-state index is 0.156. The van der Waals surface area contributed by atoms with E-state index in [1.54, 1.807) is 14.0 Å². The van der Waals surface area contributed by atoms with Crippen LogP contribution in [0.3, 0.4) is 0 Å². The molecule has 1 amide bonds. The van der Waals surface area contributed by atoms with Crippen molar-refractivity contribution >= 4 is 5.91 Å². The standard InChI is InChI=1S/C23H29NO4/c1-14-7-9-20(15(2)11-14)27-16(3)22(25)24-19-13-23(4,5)28-21-10-8-17(26-6)12-18(19)21/h7-12,16,19H,13H2,1-6H3,(H,24,25)/t16-,19-/m1/s1. The van der Waals surface area contributed by atoms with Gasteiger partial charge in [-0.15, -0.1) is 0 Å². The summed E-state index contributed by atoms with van der Waals surface area (Å²) in [6.07, 6.45) is 0.0521. The molecule has 5 heteroatoms. The van der Waals surface area contributed by atoms with E-state index in [1.807, 2.05) is 64.1 Å². The van der Waals surface area contributed by atoms with Gasteiger partial charge in [-0.3, -0.25) is 4.79 Å². The van der Waals surface area contributed by atoms with E-state index in [2.05, 4.69) is 5.32 Å². The number of carbonyl (C=O) groups excluding carboxylic acids is 1. The van der Waals surface area contributed by atoms with Crippen molar-refractivity contribution in [2.75, 3.05) is 7.11 Å². The average Bonchev–Trinajstić information content (AvgIpc) is 2.62. The first kappa shape index (κ1) is 20.1. The van der Waals surface area contributed by atoms with Crippen molar-refractivity contribution in [3.05, 3.63) is 53.1 Å². The van der Waals surface area contributed by atoms with Crippen molar-refractivity contribution in [1.82, 2.24) is 5.32 Å². The topological polar surface area (TPSA) is 56.8 Å². The van der Waals surface area contributed by atoms with Crippen LogP contribution in [0, 0.1) is 13.8 Å². The molecule has 0 radical (unpaired) electrons. The van der Waals surface area contributed by atoms with Crippen molar-refractivity contribution in [2.45, 2.75) is 58.8 Å². The van der Waals surface area contributed by atoms with E-state index in [4.69, 9.17) is 14.2 Å². The highest BCUT2D eigenvalue weighted by atomic mass is 16.5. The molecule has 2 atom stereocenters. The van der Waals surface area contributed by atoms with Gasteiger partial charge in [-0.25, -0.2) is 0 Å². The highest BCUT2D eigenvalue weighted by Crippen LogP contribution is 2.41. The molecular weight excluding hydrogens is 354 g/mol. The number of ether oxygens (including phenoxy) is 3. The Hall–Kier alpha value is -2.69. The smallest absolute Gasteiger partial charge is 0.261 e. The third-order valence-corrected chi connectivity index (χ3v) is 4.99. The van der Waals surface area contributed by atoms with E-state index < -0.39 is 6.10 Å². The molecule has 2 aromatic rings. The molecule has 0 fully saturated rings. The fourth-order valence-corrected chi connectivity index (χ4v) is 3.55. The van der Waals surface area contributed by atoms with Crippen LogP contribution in [0.2, 0.25) is 0 Å². The number of hydrogen-bond acceptors (Lipinski definition) is 4. The Kier molecular flexibility index (Phi) is 5.54. The lowest BCUT2D eigenvalue weighted by Gasteiger charge is -2.38. The number of aryl methyl sites for hydroxylation is 2. The van der Waals surface area contributed by atoms with Crippen LogP contribution in [0.25, 0.3) is 0 Å². The summed E-state index contributed by atoms with van der Waals surface area (Å²) in [4.78, 5) is 12.9. The maximum absolute atomic E-state index is 12.9. The lowest BCUT2D eigenvalue weighted by Crippen LogP contribution is -2.44. The number of fused-ring (bicyclic) bond motifs is 1. The molecule has 0 aromatic heterocycles. The summed E-state index contributed by atoms with van der Waals surface area (Å²) in [5.74, 6) is 2.07. The highest BCUT2D eigenvalue weighted by Gasteiger charge is 2.35. The zero-order valence-corrected chi connectivity index (χ0v) is 17.5. The number of carbonyl (C=O) groups is 1. The Morgan fingerprint density at radius 3 is 2.64 bits per heavy atom. The fraction of sp³-hybridized carbons (Fsp3) is 0.435. The normalized spacial score (nSPS) is 18.4. The van der Waals surface area contributed by atoms with Crippen LogP contribution in [0.1, 0.15) is 49.9 Å². The Morgan fingerprint density at radius 2 is 1.96 bits per heavy atom. The van der Waals surface area contributed by atoms with Crippen molar-refractivity contribution in [3.63, 3.8) is 0 Å². The van der Waals surface area contributed by atoms with E-state index in [9.17, 15) is 4.79 Å². The molecule has 1 N–H and O–H groups in total. The van der Waals surface area contributed by atoms with Gasteiger partial charge in [0.25, 0.3) is 5.91 Å². The van der Waals surface area contributed by atoms with Gasteiger partial charge >= 0.3 is 0 Å². The van der Waals surface area contributed by atoms with Gasteiger partial charge in [0.2, 0.25) is 0 Å². The van der Waals surface area contributed by atoms with Gasteiger partial charge in [-0.2, -0.15) is 0 Å². The number of benzene rings is 2. The van der Waals surface area contributed by atoms with Gasteiger partial charge in [0.05, 0.1) is 13.2 Å². The third kappa shape index (κ3) is 4.41. The molecule has 0 spiro atoms. The molecule has 28 heavy (non-hydrogen) atoms. The fourth-order valence-electron chi connectivity index (χ4n) is 3.55. The second-order valence-corrected chi connectivity index (χ2v) is 8.06. The van der Waals surface area contributed by atoms with Gasteiger partial charge in [-0.1, -0.05) is 17.7 Å².